The first-order valence-corrected chi connectivity index (χ1v) is 27.1. The number of hydrogen-bond donors (Lipinski definition) is 3. The summed E-state index contributed by atoms with van der Waals surface area (Å²) in [5.74, 6) is -0.0570. The predicted octanol–water partition coefficient (Wildman–Crippen LogP) is 16.3. The Balaban J connectivity index is 3.44. The van der Waals surface area contributed by atoms with Gasteiger partial charge in [0, 0.05) is 12.8 Å². The quantitative estimate of drug-likeness (QED) is 0.0322. The molecular weight excluding hydrogens is 755 g/mol. The zero-order chi connectivity index (χ0) is 44.4. The summed E-state index contributed by atoms with van der Waals surface area (Å²) in [6.45, 7) is 4.89. The van der Waals surface area contributed by atoms with Crippen molar-refractivity contribution in [1.29, 1.82) is 0 Å². The van der Waals surface area contributed by atoms with Crippen LogP contribution in [0.25, 0.3) is 0 Å². The van der Waals surface area contributed by atoms with E-state index in [1.807, 2.05) is 0 Å². The molecule has 0 radical (unpaired) electrons. The molecule has 0 aromatic carbocycles. The summed E-state index contributed by atoms with van der Waals surface area (Å²) in [6.07, 6.45) is 60.0. The van der Waals surface area contributed by atoms with Gasteiger partial charge in [-0.25, -0.2) is 0 Å². The lowest BCUT2D eigenvalue weighted by molar-refractivity contribution is -0.143. The molecule has 0 aliphatic carbocycles. The number of rotatable bonds is 50. The minimum absolute atomic E-state index is 0.0138. The zero-order valence-electron chi connectivity index (χ0n) is 40.9. The van der Waals surface area contributed by atoms with Gasteiger partial charge in [-0.2, -0.15) is 0 Å². The van der Waals surface area contributed by atoms with Crippen molar-refractivity contribution in [2.75, 3.05) is 13.2 Å². The van der Waals surface area contributed by atoms with Crippen LogP contribution in [-0.2, 0) is 14.3 Å². The number of carbonyl (C=O) groups excluding carboxylic acids is 2. The molecule has 0 spiro atoms. The summed E-state index contributed by atoms with van der Waals surface area (Å²) in [5.41, 5.74) is 0. The Hall–Kier alpha value is -1.66. The van der Waals surface area contributed by atoms with Crippen LogP contribution < -0.4 is 5.32 Å². The fraction of sp³-hybridized carbons (Fsp3) is 0.891. The standard InChI is InChI=1S/C55H105NO5/c1-3-5-7-9-11-13-15-17-20-23-27-31-35-39-43-47-53(58)52(51-57)56-54(59)48-44-40-36-32-28-24-21-19-22-26-30-34-38-42-46-50-61-55(60)49-45-41-37-33-29-25-18-16-14-12-10-8-6-4-2/h10,12,16,18,52-53,57-58H,3-9,11,13-15,17,19-51H2,1-2H3,(H,56,59)/b12-10-,18-16-. The molecule has 0 saturated carbocycles. The average Bonchev–Trinajstić information content (AvgIpc) is 3.26. The Kier molecular flexibility index (Phi) is 49.6. The maximum Gasteiger partial charge on any atom is 0.305 e. The van der Waals surface area contributed by atoms with Crippen LogP contribution in [0.1, 0.15) is 290 Å². The lowest BCUT2D eigenvalue weighted by Crippen LogP contribution is -2.45. The number of ether oxygens (including phenoxy) is 1. The van der Waals surface area contributed by atoms with Crippen LogP contribution in [0.5, 0.6) is 0 Å². The van der Waals surface area contributed by atoms with Crippen LogP contribution in [0.2, 0.25) is 0 Å². The minimum atomic E-state index is -0.670. The van der Waals surface area contributed by atoms with Gasteiger partial charge in [0.05, 0.1) is 25.4 Å². The average molecular weight is 860 g/mol. The SMILES string of the molecule is CCCC/C=C\C/C=C\CCCCCCCC(=O)OCCCCCCCCCCCCCCCCCC(=O)NC(CO)C(O)CCCCCCCCCCCCCCCCC. The second-order valence-corrected chi connectivity index (χ2v) is 18.6. The molecule has 0 saturated heterocycles. The number of unbranched alkanes of at least 4 members (excludes halogenated alkanes) is 35. The summed E-state index contributed by atoms with van der Waals surface area (Å²) < 4.78 is 5.46. The van der Waals surface area contributed by atoms with Gasteiger partial charge in [0.25, 0.3) is 0 Å². The maximum atomic E-state index is 12.5. The van der Waals surface area contributed by atoms with Gasteiger partial charge in [-0.1, -0.05) is 250 Å². The van der Waals surface area contributed by atoms with E-state index < -0.39 is 12.1 Å². The molecular formula is C55H105NO5. The van der Waals surface area contributed by atoms with E-state index in [4.69, 9.17) is 4.74 Å². The largest absolute Gasteiger partial charge is 0.466 e. The van der Waals surface area contributed by atoms with E-state index in [0.29, 0.717) is 25.9 Å². The van der Waals surface area contributed by atoms with Gasteiger partial charge in [-0.3, -0.25) is 9.59 Å². The lowest BCUT2D eigenvalue weighted by Gasteiger charge is -2.22. The summed E-state index contributed by atoms with van der Waals surface area (Å²) in [6, 6.07) is -0.548. The number of aliphatic hydroxyl groups excluding tert-OH is 2. The molecule has 6 nitrogen and oxygen atoms in total. The van der Waals surface area contributed by atoms with Crippen molar-refractivity contribution in [3.63, 3.8) is 0 Å². The zero-order valence-corrected chi connectivity index (χ0v) is 40.9. The van der Waals surface area contributed by atoms with Crippen molar-refractivity contribution in [1.82, 2.24) is 5.32 Å². The Bertz CT molecular complexity index is 951. The summed E-state index contributed by atoms with van der Waals surface area (Å²) in [5, 5.41) is 23.2. The highest BCUT2D eigenvalue weighted by atomic mass is 16.5. The molecule has 0 aliphatic rings. The first kappa shape index (κ1) is 59.3. The van der Waals surface area contributed by atoms with Crippen molar-refractivity contribution < 1.29 is 24.5 Å². The fourth-order valence-electron chi connectivity index (χ4n) is 8.30. The van der Waals surface area contributed by atoms with Crippen molar-refractivity contribution in [3.05, 3.63) is 24.3 Å². The molecule has 0 rings (SSSR count). The smallest absolute Gasteiger partial charge is 0.305 e. The van der Waals surface area contributed by atoms with Gasteiger partial charge < -0.3 is 20.3 Å². The number of esters is 1. The number of aliphatic hydroxyl groups is 2. The number of carbonyl (C=O) groups is 2. The van der Waals surface area contributed by atoms with E-state index in [2.05, 4.69) is 43.5 Å². The normalized spacial score (nSPS) is 12.8. The Morgan fingerprint density at radius 1 is 0.459 bits per heavy atom. The third-order valence-electron chi connectivity index (χ3n) is 12.5. The number of allylic oxidation sites excluding steroid dienone is 4. The van der Waals surface area contributed by atoms with E-state index in [0.717, 1.165) is 57.8 Å². The molecule has 0 aromatic rings. The third kappa shape index (κ3) is 47.7. The molecule has 360 valence electrons. The topological polar surface area (TPSA) is 95.9 Å². The molecule has 2 unspecified atom stereocenters. The van der Waals surface area contributed by atoms with Crippen molar-refractivity contribution in [2.24, 2.45) is 0 Å². The van der Waals surface area contributed by atoms with Crippen molar-refractivity contribution >= 4 is 11.9 Å². The predicted molar refractivity (Wildman–Crippen MR) is 264 cm³/mol. The van der Waals surface area contributed by atoms with Crippen molar-refractivity contribution in [2.45, 2.75) is 302 Å². The maximum absolute atomic E-state index is 12.5. The molecule has 0 fully saturated rings. The minimum Gasteiger partial charge on any atom is -0.466 e. The highest BCUT2D eigenvalue weighted by molar-refractivity contribution is 5.76. The number of nitrogens with one attached hydrogen (secondary N) is 1. The van der Waals surface area contributed by atoms with Crippen molar-refractivity contribution in [3.8, 4) is 0 Å². The Labute approximate surface area is 380 Å². The van der Waals surface area contributed by atoms with Gasteiger partial charge in [-0.05, 0) is 51.4 Å². The van der Waals surface area contributed by atoms with E-state index in [1.54, 1.807) is 0 Å². The second-order valence-electron chi connectivity index (χ2n) is 18.6. The molecule has 0 aliphatic heterocycles. The van der Waals surface area contributed by atoms with E-state index in [1.165, 1.54) is 199 Å². The number of hydrogen-bond acceptors (Lipinski definition) is 5. The number of amides is 1. The first-order valence-electron chi connectivity index (χ1n) is 27.1. The highest BCUT2D eigenvalue weighted by Gasteiger charge is 2.20. The molecule has 6 heteroatoms. The Morgan fingerprint density at radius 3 is 1.30 bits per heavy atom. The van der Waals surface area contributed by atoms with Crippen LogP contribution in [0.4, 0.5) is 0 Å². The van der Waals surface area contributed by atoms with Crippen LogP contribution in [0.15, 0.2) is 24.3 Å². The van der Waals surface area contributed by atoms with Gasteiger partial charge in [0.15, 0.2) is 0 Å². The van der Waals surface area contributed by atoms with E-state index in [-0.39, 0.29) is 18.5 Å². The van der Waals surface area contributed by atoms with Gasteiger partial charge >= 0.3 is 5.97 Å². The molecule has 0 bridgehead atoms. The van der Waals surface area contributed by atoms with Gasteiger partial charge in [0.1, 0.15) is 0 Å². The lowest BCUT2D eigenvalue weighted by atomic mass is 10.0. The van der Waals surface area contributed by atoms with Crippen LogP contribution >= 0.6 is 0 Å². The summed E-state index contributed by atoms with van der Waals surface area (Å²) in [7, 11) is 0. The summed E-state index contributed by atoms with van der Waals surface area (Å²) >= 11 is 0. The van der Waals surface area contributed by atoms with Gasteiger partial charge in [-0.15, -0.1) is 0 Å². The van der Waals surface area contributed by atoms with Crippen LogP contribution in [0, 0.1) is 0 Å². The molecule has 0 heterocycles. The molecule has 2 atom stereocenters. The van der Waals surface area contributed by atoms with Crippen LogP contribution in [-0.4, -0.2) is 47.4 Å². The van der Waals surface area contributed by atoms with Gasteiger partial charge in [0.2, 0.25) is 5.91 Å². The first-order chi connectivity index (χ1) is 30.0. The third-order valence-corrected chi connectivity index (χ3v) is 12.5. The molecule has 0 aromatic heterocycles. The van der Waals surface area contributed by atoms with Crippen LogP contribution in [0.3, 0.4) is 0 Å². The van der Waals surface area contributed by atoms with E-state index in [9.17, 15) is 19.8 Å². The molecule has 61 heavy (non-hydrogen) atoms. The fourth-order valence-corrected chi connectivity index (χ4v) is 8.30. The molecule has 1 amide bonds. The Morgan fingerprint density at radius 2 is 0.836 bits per heavy atom. The monoisotopic (exact) mass is 860 g/mol. The second kappa shape index (κ2) is 51.0. The molecule has 3 N–H and O–H groups in total. The summed E-state index contributed by atoms with van der Waals surface area (Å²) in [4.78, 5) is 24.5. The van der Waals surface area contributed by atoms with E-state index >= 15 is 0 Å². The highest BCUT2D eigenvalue weighted by Crippen LogP contribution is 2.17.